The summed E-state index contributed by atoms with van der Waals surface area (Å²) in [6.07, 6.45) is -4.80. The lowest BCUT2D eigenvalue weighted by molar-refractivity contribution is -0.274. The highest BCUT2D eigenvalue weighted by Gasteiger charge is 2.32. The number of benzene rings is 1. The molecular weight excluding hydrogens is 277 g/mol. The maximum absolute atomic E-state index is 11.9. The number of halogens is 4. The fraction of sp³-hybridized carbons (Fsp3) is 0.125. The molecule has 15 heavy (non-hydrogen) atoms. The van der Waals surface area contributed by atoms with Gasteiger partial charge in [0.15, 0.2) is 0 Å². The average molecular weight is 281 g/mol. The molecule has 2 N–H and O–H groups in total. The maximum Gasteiger partial charge on any atom is 0.573 e. The molecular formula is C8H4BrF3N2O. The van der Waals surface area contributed by atoms with Crippen LogP contribution in [-0.2, 0) is 0 Å². The first-order valence-electron chi connectivity index (χ1n) is 3.58. The van der Waals surface area contributed by atoms with Gasteiger partial charge < -0.3 is 10.5 Å². The molecule has 0 saturated heterocycles. The summed E-state index contributed by atoms with van der Waals surface area (Å²) in [7, 11) is 0. The number of nitrogens with two attached hydrogens (primary N) is 1. The molecule has 0 atom stereocenters. The molecule has 1 rings (SSSR count). The first-order chi connectivity index (χ1) is 6.83. The molecule has 80 valence electrons. The minimum absolute atomic E-state index is 0.0383. The molecule has 1 aromatic rings. The number of anilines is 1. The van der Waals surface area contributed by atoms with E-state index in [9.17, 15) is 13.2 Å². The van der Waals surface area contributed by atoms with Gasteiger partial charge in [-0.15, -0.1) is 13.2 Å². The lowest BCUT2D eigenvalue weighted by Gasteiger charge is -2.11. The van der Waals surface area contributed by atoms with Gasteiger partial charge in [-0.2, -0.15) is 5.26 Å². The van der Waals surface area contributed by atoms with Gasteiger partial charge in [-0.05, 0) is 22.0 Å². The van der Waals surface area contributed by atoms with E-state index in [1.165, 1.54) is 6.07 Å². The van der Waals surface area contributed by atoms with E-state index in [0.717, 1.165) is 6.07 Å². The minimum atomic E-state index is -4.80. The fourth-order valence-electron chi connectivity index (χ4n) is 0.868. The standard InChI is InChI=1S/C8H4BrF3N2O/c9-5-2-6(14)4(3-13)1-7(5)15-8(10,11)12/h1-2H,14H2. The highest BCUT2D eigenvalue weighted by Crippen LogP contribution is 2.33. The Morgan fingerprint density at radius 2 is 2.00 bits per heavy atom. The van der Waals surface area contributed by atoms with Crippen LogP contribution in [-0.4, -0.2) is 6.36 Å². The van der Waals surface area contributed by atoms with Crippen molar-refractivity contribution in [1.82, 2.24) is 0 Å². The third-order valence-electron chi connectivity index (χ3n) is 1.45. The van der Waals surface area contributed by atoms with Crippen molar-refractivity contribution in [1.29, 1.82) is 5.26 Å². The van der Waals surface area contributed by atoms with Crippen LogP contribution >= 0.6 is 15.9 Å². The van der Waals surface area contributed by atoms with Crippen LogP contribution < -0.4 is 10.5 Å². The van der Waals surface area contributed by atoms with Gasteiger partial charge in [0, 0.05) is 6.07 Å². The molecule has 0 spiro atoms. The lowest BCUT2D eigenvalue weighted by Crippen LogP contribution is -2.17. The third-order valence-corrected chi connectivity index (χ3v) is 2.07. The van der Waals surface area contributed by atoms with Crippen molar-refractivity contribution < 1.29 is 17.9 Å². The van der Waals surface area contributed by atoms with Crippen molar-refractivity contribution in [2.24, 2.45) is 0 Å². The Balaban J connectivity index is 3.15. The summed E-state index contributed by atoms with van der Waals surface area (Å²) in [6.45, 7) is 0. The first-order valence-corrected chi connectivity index (χ1v) is 4.37. The molecule has 7 heteroatoms. The molecule has 0 radical (unpaired) electrons. The number of nitrogen functional groups attached to an aromatic ring is 1. The Morgan fingerprint density at radius 3 is 2.47 bits per heavy atom. The number of nitrogens with zero attached hydrogens (tertiary/aromatic N) is 1. The van der Waals surface area contributed by atoms with Gasteiger partial charge in [-0.1, -0.05) is 0 Å². The Labute approximate surface area is 91.4 Å². The molecule has 3 nitrogen and oxygen atoms in total. The molecule has 0 bridgehead atoms. The monoisotopic (exact) mass is 280 g/mol. The van der Waals surface area contributed by atoms with Crippen LogP contribution in [0.5, 0.6) is 5.75 Å². The molecule has 1 aromatic carbocycles. The normalized spacial score (nSPS) is 10.9. The molecule has 0 saturated carbocycles. The zero-order valence-corrected chi connectivity index (χ0v) is 8.69. The first kappa shape index (κ1) is 11.7. The molecule has 0 aromatic heterocycles. The maximum atomic E-state index is 11.9. The van der Waals surface area contributed by atoms with Gasteiger partial charge in [0.1, 0.15) is 11.8 Å². The smallest absolute Gasteiger partial charge is 0.405 e. The van der Waals surface area contributed by atoms with Gasteiger partial charge in [0.05, 0.1) is 15.7 Å². The Bertz CT molecular complexity index is 425. The van der Waals surface area contributed by atoms with Gasteiger partial charge in [-0.3, -0.25) is 0 Å². The highest BCUT2D eigenvalue weighted by molar-refractivity contribution is 9.10. The molecule has 0 aliphatic carbocycles. The Hall–Kier alpha value is -1.42. The quantitative estimate of drug-likeness (QED) is 0.805. The predicted molar refractivity (Wildman–Crippen MR) is 50.0 cm³/mol. The van der Waals surface area contributed by atoms with Gasteiger partial charge in [-0.25, -0.2) is 0 Å². The Morgan fingerprint density at radius 1 is 1.40 bits per heavy atom. The minimum Gasteiger partial charge on any atom is -0.405 e. The molecule has 0 aliphatic rings. The fourth-order valence-corrected chi connectivity index (χ4v) is 1.31. The van der Waals surface area contributed by atoms with Crippen LogP contribution in [0.4, 0.5) is 18.9 Å². The number of rotatable bonds is 1. The largest absolute Gasteiger partial charge is 0.573 e. The summed E-state index contributed by atoms with van der Waals surface area (Å²) in [4.78, 5) is 0. The van der Waals surface area contributed by atoms with E-state index in [1.807, 2.05) is 0 Å². The van der Waals surface area contributed by atoms with Crippen LogP contribution in [0.25, 0.3) is 0 Å². The number of hydrogen-bond donors (Lipinski definition) is 1. The lowest BCUT2D eigenvalue weighted by atomic mass is 10.2. The molecule has 0 heterocycles. The summed E-state index contributed by atoms with van der Waals surface area (Å²) in [6, 6.07) is 3.76. The van der Waals surface area contributed by atoms with Crippen LogP contribution in [0, 0.1) is 11.3 Å². The van der Waals surface area contributed by atoms with E-state index in [4.69, 9.17) is 11.0 Å². The van der Waals surface area contributed by atoms with Crippen LogP contribution in [0.1, 0.15) is 5.56 Å². The molecule has 0 unspecified atom stereocenters. The van der Waals surface area contributed by atoms with Crippen LogP contribution in [0.2, 0.25) is 0 Å². The van der Waals surface area contributed by atoms with E-state index in [1.54, 1.807) is 6.07 Å². The third kappa shape index (κ3) is 3.02. The van der Waals surface area contributed by atoms with E-state index in [2.05, 4.69) is 20.7 Å². The summed E-state index contributed by atoms with van der Waals surface area (Å²) in [5.74, 6) is -0.492. The van der Waals surface area contributed by atoms with Gasteiger partial charge in [0.25, 0.3) is 0 Å². The zero-order chi connectivity index (χ0) is 11.6. The zero-order valence-electron chi connectivity index (χ0n) is 7.10. The number of ether oxygens (including phenoxy) is 1. The van der Waals surface area contributed by atoms with E-state index in [0.29, 0.717) is 0 Å². The highest BCUT2D eigenvalue weighted by atomic mass is 79.9. The second-order valence-electron chi connectivity index (χ2n) is 2.53. The second kappa shape index (κ2) is 3.98. The summed E-state index contributed by atoms with van der Waals surface area (Å²) < 4.78 is 39.4. The van der Waals surface area contributed by atoms with Crippen LogP contribution in [0.15, 0.2) is 16.6 Å². The topological polar surface area (TPSA) is 59.0 Å². The van der Waals surface area contributed by atoms with Crippen molar-refractivity contribution in [3.05, 3.63) is 22.2 Å². The molecule has 0 fully saturated rings. The average Bonchev–Trinajstić information content (AvgIpc) is 2.07. The van der Waals surface area contributed by atoms with E-state index in [-0.39, 0.29) is 15.7 Å². The summed E-state index contributed by atoms with van der Waals surface area (Å²) in [5, 5.41) is 8.55. The van der Waals surface area contributed by atoms with Crippen molar-refractivity contribution in [3.63, 3.8) is 0 Å². The number of alkyl halides is 3. The van der Waals surface area contributed by atoms with E-state index < -0.39 is 12.1 Å². The number of hydrogen-bond acceptors (Lipinski definition) is 3. The number of nitriles is 1. The molecule has 0 aliphatic heterocycles. The molecule has 0 amide bonds. The second-order valence-corrected chi connectivity index (χ2v) is 3.38. The summed E-state index contributed by atoms with van der Waals surface area (Å²) >= 11 is 2.85. The van der Waals surface area contributed by atoms with Gasteiger partial charge in [0.2, 0.25) is 0 Å². The van der Waals surface area contributed by atoms with Crippen molar-refractivity contribution >= 4 is 21.6 Å². The van der Waals surface area contributed by atoms with Gasteiger partial charge >= 0.3 is 6.36 Å². The van der Waals surface area contributed by atoms with Crippen molar-refractivity contribution in [3.8, 4) is 11.8 Å². The Kier molecular flexibility index (Phi) is 3.09. The van der Waals surface area contributed by atoms with Crippen LogP contribution in [0.3, 0.4) is 0 Å². The van der Waals surface area contributed by atoms with E-state index >= 15 is 0 Å². The predicted octanol–water partition coefficient (Wildman–Crippen LogP) is 2.80. The summed E-state index contributed by atoms with van der Waals surface area (Å²) in [5.41, 5.74) is 5.39. The SMILES string of the molecule is N#Cc1cc(OC(F)(F)F)c(Br)cc1N. The van der Waals surface area contributed by atoms with Crippen molar-refractivity contribution in [2.75, 3.05) is 5.73 Å². The van der Waals surface area contributed by atoms with Crippen molar-refractivity contribution in [2.45, 2.75) is 6.36 Å².